The van der Waals surface area contributed by atoms with Crippen molar-refractivity contribution in [1.29, 1.82) is 0 Å². The van der Waals surface area contributed by atoms with Gasteiger partial charge in [-0.25, -0.2) is 9.67 Å². The predicted molar refractivity (Wildman–Crippen MR) is 135 cm³/mol. The van der Waals surface area contributed by atoms with Crippen LogP contribution in [0.2, 0.25) is 0 Å². The van der Waals surface area contributed by atoms with Crippen LogP contribution in [0.5, 0.6) is 11.5 Å². The molecule has 8 nitrogen and oxygen atoms in total. The Balaban J connectivity index is 0.00000289. The van der Waals surface area contributed by atoms with Gasteiger partial charge < -0.3 is 20.1 Å². The summed E-state index contributed by atoms with van der Waals surface area (Å²) in [6.45, 7) is 1.87. The molecule has 0 fully saturated rings. The Bertz CT molecular complexity index is 1010. The van der Waals surface area contributed by atoms with Gasteiger partial charge in [0.15, 0.2) is 11.8 Å². The van der Waals surface area contributed by atoms with Crippen LogP contribution in [0.3, 0.4) is 0 Å². The number of para-hydroxylation sites is 1. The first kappa shape index (κ1) is 24.0. The molecule has 2 N–H and O–H groups in total. The van der Waals surface area contributed by atoms with Crippen LogP contribution in [0, 0.1) is 0 Å². The smallest absolute Gasteiger partial charge is 0.191 e. The number of nitrogens with one attached hydrogen (secondary N) is 2. The molecule has 9 heteroatoms. The summed E-state index contributed by atoms with van der Waals surface area (Å²) in [5, 5.41) is 11.4. The molecule has 1 aliphatic rings. The summed E-state index contributed by atoms with van der Waals surface area (Å²) >= 11 is 0. The van der Waals surface area contributed by atoms with Gasteiger partial charge in [-0.05, 0) is 36.2 Å². The molecule has 0 aliphatic carbocycles. The van der Waals surface area contributed by atoms with Gasteiger partial charge >= 0.3 is 0 Å². The van der Waals surface area contributed by atoms with Gasteiger partial charge in [-0.1, -0.05) is 30.3 Å². The Hall–Kier alpha value is -2.66. The molecular formula is C23H29IN6O2. The van der Waals surface area contributed by atoms with Crippen molar-refractivity contribution in [3.05, 3.63) is 71.8 Å². The highest BCUT2D eigenvalue weighted by atomic mass is 127. The first-order chi connectivity index (χ1) is 15.2. The number of hydrogen-bond acceptors (Lipinski definition) is 5. The van der Waals surface area contributed by atoms with E-state index in [4.69, 9.17) is 9.47 Å². The molecule has 0 radical (unpaired) electrons. The van der Waals surface area contributed by atoms with Gasteiger partial charge in [-0.2, -0.15) is 5.10 Å². The molecule has 4 rings (SSSR count). The number of hydrogen-bond donors (Lipinski definition) is 2. The van der Waals surface area contributed by atoms with E-state index in [1.165, 1.54) is 0 Å². The number of methoxy groups -OCH3 is 1. The second-order valence-electron chi connectivity index (χ2n) is 7.42. The lowest BCUT2D eigenvalue weighted by atomic mass is 10.1. The van der Waals surface area contributed by atoms with Gasteiger partial charge in [-0.3, -0.25) is 4.99 Å². The molecule has 0 saturated heterocycles. The minimum absolute atomic E-state index is 0. The van der Waals surface area contributed by atoms with E-state index in [2.05, 4.69) is 37.8 Å². The van der Waals surface area contributed by atoms with Crippen LogP contribution in [-0.2, 0) is 30.9 Å². The second kappa shape index (κ2) is 11.8. The Labute approximate surface area is 205 Å². The van der Waals surface area contributed by atoms with E-state index < -0.39 is 0 Å². The topological polar surface area (TPSA) is 85.6 Å². The highest BCUT2D eigenvalue weighted by molar-refractivity contribution is 14.0. The van der Waals surface area contributed by atoms with Crippen LogP contribution in [0.1, 0.15) is 23.6 Å². The third-order valence-corrected chi connectivity index (χ3v) is 5.10. The van der Waals surface area contributed by atoms with E-state index in [1.807, 2.05) is 47.1 Å². The summed E-state index contributed by atoms with van der Waals surface area (Å²) in [5.41, 5.74) is 1.15. The van der Waals surface area contributed by atoms with Crippen molar-refractivity contribution in [1.82, 2.24) is 25.4 Å². The lowest BCUT2D eigenvalue weighted by Gasteiger charge is -2.25. The van der Waals surface area contributed by atoms with Gasteiger partial charge in [-0.15, -0.1) is 24.0 Å². The molecule has 170 valence electrons. The highest BCUT2D eigenvalue weighted by Crippen LogP contribution is 2.21. The third kappa shape index (κ3) is 6.42. The van der Waals surface area contributed by atoms with Gasteiger partial charge in [0.2, 0.25) is 0 Å². The van der Waals surface area contributed by atoms with Crippen LogP contribution >= 0.6 is 24.0 Å². The number of aromatic nitrogens is 3. The Morgan fingerprint density at radius 2 is 1.88 bits per heavy atom. The lowest BCUT2D eigenvalue weighted by molar-refractivity contribution is 0.177. The number of fused-ring (bicyclic) bond motifs is 1. The molecule has 32 heavy (non-hydrogen) atoms. The van der Waals surface area contributed by atoms with E-state index >= 15 is 0 Å². The molecular weight excluding hydrogens is 519 g/mol. The Morgan fingerprint density at radius 1 is 1.12 bits per heavy atom. The predicted octanol–water partition coefficient (Wildman–Crippen LogP) is 3.51. The fraction of sp³-hybridized carbons (Fsp3) is 0.348. The van der Waals surface area contributed by atoms with Crippen LogP contribution in [-0.4, -0.2) is 40.9 Å². The van der Waals surface area contributed by atoms with Gasteiger partial charge in [0.05, 0.1) is 6.54 Å². The maximum atomic E-state index is 5.85. The zero-order valence-corrected chi connectivity index (χ0v) is 20.7. The molecule has 0 saturated carbocycles. The van der Waals surface area contributed by atoms with Gasteiger partial charge in [0, 0.05) is 33.2 Å². The van der Waals surface area contributed by atoms with Crippen molar-refractivity contribution in [3.63, 3.8) is 0 Å². The normalized spacial score (nSPS) is 15.4. The molecule has 0 bridgehead atoms. The number of nitrogens with zero attached hydrogens (tertiary/aromatic N) is 4. The summed E-state index contributed by atoms with van der Waals surface area (Å²) in [6.07, 6.45) is 1.87. The molecule has 2 heterocycles. The molecule has 0 spiro atoms. The average Bonchev–Trinajstić information content (AvgIpc) is 3.20. The first-order valence-corrected chi connectivity index (χ1v) is 10.4. The Kier molecular flexibility index (Phi) is 8.86. The fourth-order valence-electron chi connectivity index (χ4n) is 3.54. The summed E-state index contributed by atoms with van der Waals surface area (Å²) in [6, 6.07) is 18.1. The largest absolute Gasteiger partial charge is 0.457 e. The minimum Gasteiger partial charge on any atom is -0.457 e. The lowest BCUT2D eigenvalue weighted by Crippen LogP contribution is -2.46. The highest BCUT2D eigenvalue weighted by Gasteiger charge is 2.22. The average molecular weight is 548 g/mol. The zero-order chi connectivity index (χ0) is 21.5. The Morgan fingerprint density at radius 3 is 2.59 bits per heavy atom. The van der Waals surface area contributed by atoms with E-state index in [1.54, 1.807) is 14.2 Å². The number of benzene rings is 2. The van der Waals surface area contributed by atoms with Crippen molar-refractivity contribution in [2.24, 2.45) is 4.99 Å². The van der Waals surface area contributed by atoms with E-state index in [-0.39, 0.29) is 30.0 Å². The SMILES string of the molecule is CN=C(NCc1ccc(Oc2ccccc2)cc1)NC1CCc2nc(COC)nn2C1.I. The van der Waals surface area contributed by atoms with Crippen LogP contribution in [0.15, 0.2) is 59.6 Å². The summed E-state index contributed by atoms with van der Waals surface area (Å²) < 4.78 is 12.9. The van der Waals surface area contributed by atoms with Crippen LogP contribution in [0.4, 0.5) is 0 Å². The van der Waals surface area contributed by atoms with Crippen LogP contribution < -0.4 is 15.4 Å². The van der Waals surface area contributed by atoms with Gasteiger partial charge in [0.1, 0.15) is 23.9 Å². The maximum absolute atomic E-state index is 5.85. The molecule has 1 unspecified atom stereocenters. The van der Waals surface area contributed by atoms with Crippen LogP contribution in [0.25, 0.3) is 0 Å². The van der Waals surface area contributed by atoms with Crippen molar-refractivity contribution in [2.45, 2.75) is 38.6 Å². The molecule has 3 aromatic rings. The molecule has 1 atom stereocenters. The number of halogens is 1. The zero-order valence-electron chi connectivity index (χ0n) is 18.3. The summed E-state index contributed by atoms with van der Waals surface area (Å²) in [7, 11) is 3.44. The molecule has 0 amide bonds. The van der Waals surface area contributed by atoms with Crippen molar-refractivity contribution < 1.29 is 9.47 Å². The quantitative estimate of drug-likeness (QED) is 0.267. The minimum atomic E-state index is 0. The van der Waals surface area contributed by atoms with E-state index in [0.717, 1.165) is 54.1 Å². The number of ether oxygens (including phenoxy) is 2. The monoisotopic (exact) mass is 548 g/mol. The number of rotatable bonds is 7. The van der Waals surface area contributed by atoms with Crippen molar-refractivity contribution in [3.8, 4) is 11.5 Å². The number of aliphatic imine (C=N–C) groups is 1. The van der Waals surface area contributed by atoms with Gasteiger partial charge in [0.25, 0.3) is 0 Å². The fourth-order valence-corrected chi connectivity index (χ4v) is 3.54. The van der Waals surface area contributed by atoms with E-state index in [0.29, 0.717) is 13.2 Å². The standard InChI is InChI=1S/C23H28N6O2.HI/c1-24-23(26-18-10-13-22-27-21(16-30-2)28-29(22)15-18)25-14-17-8-11-20(12-9-17)31-19-6-4-3-5-7-19;/h3-9,11-12,18H,10,13-16H2,1-2H3,(H2,24,25,26);1H. The first-order valence-electron chi connectivity index (χ1n) is 10.4. The number of guanidine groups is 1. The molecule has 2 aromatic carbocycles. The molecule has 1 aromatic heterocycles. The summed E-state index contributed by atoms with van der Waals surface area (Å²) in [4.78, 5) is 8.89. The third-order valence-electron chi connectivity index (χ3n) is 5.10. The maximum Gasteiger partial charge on any atom is 0.191 e. The van der Waals surface area contributed by atoms with E-state index in [9.17, 15) is 0 Å². The van der Waals surface area contributed by atoms with Crippen molar-refractivity contribution >= 4 is 29.9 Å². The second-order valence-corrected chi connectivity index (χ2v) is 7.42. The summed E-state index contributed by atoms with van der Waals surface area (Å²) in [5.74, 6) is 4.17. The molecule has 1 aliphatic heterocycles. The van der Waals surface area contributed by atoms with Crippen molar-refractivity contribution in [2.75, 3.05) is 14.2 Å². The number of aryl methyl sites for hydroxylation is 1.